The minimum atomic E-state index is 0.519. The maximum Gasteiger partial charge on any atom is 0.176 e. The number of hydrogen-bond donors (Lipinski definition) is 2. The van der Waals surface area contributed by atoms with Crippen LogP contribution in [-0.4, -0.2) is 14.9 Å². The van der Waals surface area contributed by atoms with Gasteiger partial charge in [-0.2, -0.15) is 5.10 Å². The van der Waals surface area contributed by atoms with E-state index in [0.29, 0.717) is 17.5 Å². The van der Waals surface area contributed by atoms with E-state index in [9.17, 15) is 0 Å². The fourth-order valence-electron chi connectivity index (χ4n) is 2.43. The fourth-order valence-corrected chi connectivity index (χ4v) is 2.77. The molecule has 0 unspecified atom stereocenters. The number of aromatic nitrogens is 2. The standard InChI is InChI=1S/C19H19ClN4S/c1-13-3-4-14(2)17(11-13)21-19(25)22-18-9-10-24(23-18)12-15-5-7-16(20)8-6-15/h3-11H,12H2,1-2H3,(H2,21,22,23,25). The fraction of sp³-hybridized carbons (Fsp3) is 0.158. The number of benzene rings is 2. The van der Waals surface area contributed by atoms with Gasteiger partial charge in [-0.25, -0.2) is 0 Å². The number of thiocarbonyl (C=S) groups is 1. The summed E-state index contributed by atoms with van der Waals surface area (Å²) in [6, 6.07) is 15.9. The molecule has 0 aliphatic heterocycles. The highest BCUT2D eigenvalue weighted by Crippen LogP contribution is 2.17. The van der Waals surface area contributed by atoms with E-state index in [1.54, 1.807) is 0 Å². The molecule has 0 saturated heterocycles. The number of hydrogen-bond acceptors (Lipinski definition) is 2. The summed E-state index contributed by atoms with van der Waals surface area (Å²) in [6.45, 7) is 4.78. The van der Waals surface area contributed by atoms with Gasteiger partial charge < -0.3 is 10.6 Å². The molecular weight excluding hydrogens is 352 g/mol. The molecule has 0 saturated carbocycles. The first kappa shape index (κ1) is 17.5. The topological polar surface area (TPSA) is 41.9 Å². The maximum atomic E-state index is 5.91. The summed E-state index contributed by atoms with van der Waals surface area (Å²) in [6.07, 6.45) is 1.91. The summed E-state index contributed by atoms with van der Waals surface area (Å²) >= 11 is 11.3. The van der Waals surface area contributed by atoms with E-state index in [1.807, 2.05) is 48.1 Å². The van der Waals surface area contributed by atoms with Crippen LogP contribution in [-0.2, 0) is 6.54 Å². The minimum absolute atomic E-state index is 0.519. The molecule has 0 aliphatic rings. The summed E-state index contributed by atoms with van der Waals surface area (Å²) in [5.74, 6) is 0.705. The van der Waals surface area contributed by atoms with Crippen LogP contribution in [0.25, 0.3) is 0 Å². The van der Waals surface area contributed by atoms with E-state index in [0.717, 1.165) is 21.8 Å². The van der Waals surface area contributed by atoms with Crippen molar-refractivity contribution in [1.29, 1.82) is 0 Å². The van der Waals surface area contributed by atoms with Gasteiger partial charge in [-0.05, 0) is 61.0 Å². The van der Waals surface area contributed by atoms with E-state index >= 15 is 0 Å². The molecule has 2 aromatic carbocycles. The Labute approximate surface area is 157 Å². The molecule has 3 aromatic rings. The predicted octanol–water partition coefficient (Wildman–Crippen LogP) is 5.01. The zero-order valence-corrected chi connectivity index (χ0v) is 15.7. The monoisotopic (exact) mass is 370 g/mol. The van der Waals surface area contributed by atoms with Crippen LogP contribution in [0, 0.1) is 13.8 Å². The molecule has 128 valence electrons. The molecule has 0 aliphatic carbocycles. The summed E-state index contributed by atoms with van der Waals surface area (Å²) in [4.78, 5) is 0. The van der Waals surface area contributed by atoms with Crippen LogP contribution >= 0.6 is 23.8 Å². The summed E-state index contributed by atoms with van der Waals surface area (Å²) in [5, 5.41) is 12.1. The summed E-state index contributed by atoms with van der Waals surface area (Å²) in [5.41, 5.74) is 4.46. The first-order valence-electron chi connectivity index (χ1n) is 7.93. The average Bonchev–Trinajstić information content (AvgIpc) is 3.00. The van der Waals surface area contributed by atoms with Gasteiger partial charge in [-0.15, -0.1) is 0 Å². The van der Waals surface area contributed by atoms with Gasteiger partial charge in [0.1, 0.15) is 0 Å². The van der Waals surface area contributed by atoms with Gasteiger partial charge in [0, 0.05) is 23.0 Å². The molecule has 3 rings (SSSR count). The Kier molecular flexibility index (Phi) is 5.36. The maximum absolute atomic E-state index is 5.91. The Morgan fingerprint density at radius 1 is 1.08 bits per heavy atom. The van der Waals surface area contributed by atoms with Crippen molar-refractivity contribution in [2.24, 2.45) is 0 Å². The number of rotatable bonds is 4. The Morgan fingerprint density at radius 2 is 1.84 bits per heavy atom. The zero-order chi connectivity index (χ0) is 17.8. The van der Waals surface area contributed by atoms with E-state index < -0.39 is 0 Å². The molecule has 2 N–H and O–H groups in total. The van der Waals surface area contributed by atoms with Gasteiger partial charge in [0.05, 0.1) is 6.54 Å². The van der Waals surface area contributed by atoms with Crippen LogP contribution in [0.15, 0.2) is 54.7 Å². The summed E-state index contributed by atoms with van der Waals surface area (Å²) < 4.78 is 1.85. The molecule has 1 heterocycles. The van der Waals surface area contributed by atoms with Crippen molar-refractivity contribution in [2.45, 2.75) is 20.4 Å². The highest BCUT2D eigenvalue weighted by atomic mass is 35.5. The molecule has 0 atom stereocenters. The van der Waals surface area contributed by atoms with Gasteiger partial charge in [0.15, 0.2) is 10.9 Å². The smallest absolute Gasteiger partial charge is 0.176 e. The number of halogens is 1. The Hall–Kier alpha value is -2.37. The quantitative estimate of drug-likeness (QED) is 0.633. The molecule has 4 nitrogen and oxygen atoms in total. The molecule has 0 fully saturated rings. The van der Waals surface area contributed by atoms with Gasteiger partial charge in [-0.3, -0.25) is 4.68 Å². The van der Waals surface area contributed by atoms with Crippen LogP contribution < -0.4 is 10.6 Å². The van der Waals surface area contributed by atoms with Crippen molar-refractivity contribution in [3.63, 3.8) is 0 Å². The largest absolute Gasteiger partial charge is 0.332 e. The third-order valence-electron chi connectivity index (χ3n) is 3.78. The van der Waals surface area contributed by atoms with E-state index in [1.165, 1.54) is 5.56 Å². The lowest BCUT2D eigenvalue weighted by Crippen LogP contribution is -2.20. The van der Waals surface area contributed by atoms with Crippen molar-refractivity contribution in [3.8, 4) is 0 Å². The highest BCUT2D eigenvalue weighted by molar-refractivity contribution is 7.80. The van der Waals surface area contributed by atoms with Crippen LogP contribution in [0.2, 0.25) is 5.02 Å². The molecule has 0 radical (unpaired) electrons. The number of aryl methyl sites for hydroxylation is 2. The van der Waals surface area contributed by atoms with Crippen molar-refractivity contribution >= 4 is 40.4 Å². The number of nitrogens with one attached hydrogen (secondary N) is 2. The minimum Gasteiger partial charge on any atom is -0.332 e. The van der Waals surface area contributed by atoms with Crippen molar-refractivity contribution in [1.82, 2.24) is 9.78 Å². The number of nitrogens with zero attached hydrogens (tertiary/aromatic N) is 2. The first-order chi connectivity index (χ1) is 12.0. The van der Waals surface area contributed by atoms with Crippen LogP contribution in [0.4, 0.5) is 11.5 Å². The predicted molar refractivity (Wildman–Crippen MR) is 109 cm³/mol. The van der Waals surface area contributed by atoms with Crippen molar-refractivity contribution in [3.05, 3.63) is 76.4 Å². The van der Waals surface area contributed by atoms with Crippen LogP contribution in [0.5, 0.6) is 0 Å². The van der Waals surface area contributed by atoms with Gasteiger partial charge in [0.2, 0.25) is 0 Å². The molecule has 1 aromatic heterocycles. The molecule has 25 heavy (non-hydrogen) atoms. The van der Waals surface area contributed by atoms with Crippen LogP contribution in [0.1, 0.15) is 16.7 Å². The first-order valence-corrected chi connectivity index (χ1v) is 8.71. The average molecular weight is 371 g/mol. The second kappa shape index (κ2) is 7.68. The van der Waals surface area contributed by atoms with Gasteiger partial charge in [-0.1, -0.05) is 35.9 Å². The zero-order valence-electron chi connectivity index (χ0n) is 14.1. The lowest BCUT2D eigenvalue weighted by Gasteiger charge is -2.11. The molecule has 6 heteroatoms. The molecular formula is C19H19ClN4S. The van der Waals surface area contributed by atoms with Crippen molar-refractivity contribution in [2.75, 3.05) is 10.6 Å². The lowest BCUT2D eigenvalue weighted by atomic mass is 10.1. The van der Waals surface area contributed by atoms with Gasteiger partial charge >= 0.3 is 0 Å². The normalized spacial score (nSPS) is 10.5. The SMILES string of the molecule is Cc1ccc(C)c(NC(=S)Nc2ccn(Cc3ccc(Cl)cc3)n2)c1. The third kappa shape index (κ3) is 4.81. The van der Waals surface area contributed by atoms with E-state index in [4.69, 9.17) is 23.8 Å². The Balaban J connectivity index is 1.61. The molecule has 0 amide bonds. The van der Waals surface area contributed by atoms with Gasteiger partial charge in [0.25, 0.3) is 0 Å². The third-order valence-corrected chi connectivity index (χ3v) is 4.24. The second-order valence-corrected chi connectivity index (χ2v) is 6.77. The Bertz CT molecular complexity index is 887. The van der Waals surface area contributed by atoms with Crippen molar-refractivity contribution < 1.29 is 0 Å². The van der Waals surface area contributed by atoms with E-state index in [-0.39, 0.29) is 0 Å². The highest BCUT2D eigenvalue weighted by Gasteiger charge is 2.05. The second-order valence-electron chi connectivity index (χ2n) is 5.92. The number of anilines is 2. The van der Waals surface area contributed by atoms with E-state index in [2.05, 4.69) is 40.9 Å². The molecule has 0 spiro atoms. The van der Waals surface area contributed by atoms with Crippen LogP contribution in [0.3, 0.4) is 0 Å². The Morgan fingerprint density at radius 3 is 2.60 bits per heavy atom. The lowest BCUT2D eigenvalue weighted by molar-refractivity contribution is 0.690. The summed E-state index contributed by atoms with van der Waals surface area (Å²) in [7, 11) is 0. The molecule has 0 bridgehead atoms.